The second-order valence-electron chi connectivity index (χ2n) is 4.57. The highest BCUT2D eigenvalue weighted by Gasteiger charge is 2.16. The molecule has 0 amide bonds. The van der Waals surface area contributed by atoms with Crippen molar-refractivity contribution >= 4 is 17.3 Å². The number of halogens is 2. The fourth-order valence-corrected chi connectivity index (χ4v) is 2.38. The Morgan fingerprint density at radius 2 is 1.81 bits per heavy atom. The highest BCUT2D eigenvalue weighted by molar-refractivity contribution is 6.32. The lowest BCUT2D eigenvalue weighted by molar-refractivity contribution is 0.402. The van der Waals surface area contributed by atoms with Gasteiger partial charge in [0.25, 0.3) is 0 Å². The van der Waals surface area contributed by atoms with Gasteiger partial charge in [-0.15, -0.1) is 0 Å². The number of anilines is 1. The summed E-state index contributed by atoms with van der Waals surface area (Å²) in [5.41, 5.74) is 1.27. The summed E-state index contributed by atoms with van der Waals surface area (Å²) in [5, 5.41) is 3.74. The Morgan fingerprint density at radius 3 is 2.48 bits per heavy atom. The summed E-state index contributed by atoms with van der Waals surface area (Å²) in [5.74, 6) is 0.764. The van der Waals surface area contributed by atoms with Crippen LogP contribution in [-0.2, 0) is 0 Å². The first-order valence-corrected chi connectivity index (χ1v) is 6.87. The number of rotatable bonds is 5. The molecule has 0 aliphatic heterocycles. The van der Waals surface area contributed by atoms with E-state index in [2.05, 4.69) is 5.32 Å². The number of benzene rings is 2. The van der Waals surface area contributed by atoms with Crippen LogP contribution in [0.15, 0.2) is 36.4 Å². The van der Waals surface area contributed by atoms with E-state index in [9.17, 15) is 4.39 Å². The van der Waals surface area contributed by atoms with Crippen LogP contribution in [0.25, 0.3) is 0 Å². The van der Waals surface area contributed by atoms with Gasteiger partial charge in [-0.3, -0.25) is 0 Å². The lowest BCUT2D eigenvalue weighted by atomic mass is 10.1. The smallest absolute Gasteiger partial charge is 0.139 e. The van der Waals surface area contributed by atoms with Gasteiger partial charge in [0.1, 0.15) is 17.3 Å². The van der Waals surface area contributed by atoms with Crippen LogP contribution >= 0.6 is 11.6 Å². The maximum absolute atomic E-state index is 14.0. The van der Waals surface area contributed by atoms with Gasteiger partial charge in [0.15, 0.2) is 0 Å². The standard InChI is InChI=1S/C16H17ClFNO2/c1-10(16-13(18)5-4-6-14(16)20-2)19-11-7-8-12(17)15(9-11)21-3/h4-10,19H,1-3H3. The fourth-order valence-electron chi connectivity index (χ4n) is 2.19. The molecule has 0 radical (unpaired) electrons. The molecule has 21 heavy (non-hydrogen) atoms. The lowest BCUT2D eigenvalue weighted by Gasteiger charge is -2.19. The molecule has 0 saturated carbocycles. The highest BCUT2D eigenvalue weighted by Crippen LogP contribution is 2.32. The maximum atomic E-state index is 14.0. The predicted molar refractivity (Wildman–Crippen MR) is 83.0 cm³/mol. The average molecular weight is 310 g/mol. The van der Waals surface area contributed by atoms with Crippen molar-refractivity contribution in [1.82, 2.24) is 0 Å². The van der Waals surface area contributed by atoms with Crippen molar-refractivity contribution in [3.63, 3.8) is 0 Å². The zero-order valence-corrected chi connectivity index (χ0v) is 12.9. The third-order valence-corrected chi connectivity index (χ3v) is 3.51. The summed E-state index contributed by atoms with van der Waals surface area (Å²) >= 11 is 5.99. The van der Waals surface area contributed by atoms with E-state index < -0.39 is 0 Å². The molecule has 0 aromatic heterocycles. The van der Waals surface area contributed by atoms with Crippen molar-refractivity contribution in [3.05, 3.63) is 52.8 Å². The van der Waals surface area contributed by atoms with Gasteiger partial charge in [0.2, 0.25) is 0 Å². The first-order chi connectivity index (χ1) is 10.1. The Bertz CT molecular complexity index is 634. The minimum atomic E-state index is -0.310. The number of methoxy groups -OCH3 is 2. The summed E-state index contributed by atoms with van der Waals surface area (Å²) < 4.78 is 24.4. The molecule has 3 nitrogen and oxygen atoms in total. The normalized spacial score (nSPS) is 11.9. The first-order valence-electron chi connectivity index (χ1n) is 6.49. The molecule has 1 N–H and O–H groups in total. The Labute approximate surface area is 128 Å². The van der Waals surface area contributed by atoms with Crippen molar-refractivity contribution in [3.8, 4) is 11.5 Å². The van der Waals surface area contributed by atoms with Gasteiger partial charge in [0.05, 0.1) is 30.8 Å². The predicted octanol–water partition coefficient (Wildman–Crippen LogP) is 4.67. The number of hydrogen-bond acceptors (Lipinski definition) is 3. The minimum Gasteiger partial charge on any atom is -0.496 e. The molecule has 0 saturated heterocycles. The van der Waals surface area contributed by atoms with Gasteiger partial charge in [-0.1, -0.05) is 17.7 Å². The second kappa shape index (κ2) is 6.68. The Hall–Kier alpha value is -1.94. The summed E-state index contributed by atoms with van der Waals surface area (Å²) in [7, 11) is 3.07. The molecule has 2 rings (SSSR count). The average Bonchev–Trinajstić information content (AvgIpc) is 2.48. The van der Waals surface area contributed by atoms with Crippen LogP contribution in [0.3, 0.4) is 0 Å². The molecule has 1 atom stereocenters. The quantitative estimate of drug-likeness (QED) is 0.870. The molecule has 0 fully saturated rings. The molecule has 0 aliphatic rings. The molecule has 0 heterocycles. The van der Waals surface area contributed by atoms with Gasteiger partial charge in [-0.2, -0.15) is 0 Å². The second-order valence-corrected chi connectivity index (χ2v) is 4.98. The Morgan fingerprint density at radius 1 is 1.10 bits per heavy atom. The van der Waals surface area contributed by atoms with E-state index in [1.165, 1.54) is 13.2 Å². The lowest BCUT2D eigenvalue weighted by Crippen LogP contribution is -2.10. The molecule has 0 aliphatic carbocycles. The van der Waals surface area contributed by atoms with Crippen LogP contribution in [-0.4, -0.2) is 14.2 Å². The number of nitrogens with one attached hydrogen (secondary N) is 1. The summed E-state index contributed by atoms with van der Waals surface area (Å²) in [6.07, 6.45) is 0. The third-order valence-electron chi connectivity index (χ3n) is 3.20. The van der Waals surface area contributed by atoms with Crippen LogP contribution in [0.4, 0.5) is 10.1 Å². The first kappa shape index (κ1) is 15.4. The third kappa shape index (κ3) is 3.39. The van der Waals surface area contributed by atoms with E-state index in [1.54, 1.807) is 31.4 Å². The summed E-state index contributed by atoms with van der Waals surface area (Å²) in [6, 6.07) is 9.81. The Balaban J connectivity index is 2.28. The molecule has 2 aromatic carbocycles. The molecule has 2 aromatic rings. The van der Waals surface area contributed by atoms with Crippen molar-refractivity contribution in [2.45, 2.75) is 13.0 Å². The van der Waals surface area contributed by atoms with Crippen molar-refractivity contribution in [2.24, 2.45) is 0 Å². The van der Waals surface area contributed by atoms with Gasteiger partial charge >= 0.3 is 0 Å². The molecule has 0 bridgehead atoms. The molecule has 1 unspecified atom stereocenters. The molecule has 112 valence electrons. The fraction of sp³-hybridized carbons (Fsp3) is 0.250. The van der Waals surface area contributed by atoms with Crippen LogP contribution < -0.4 is 14.8 Å². The zero-order chi connectivity index (χ0) is 15.4. The molecule has 0 spiro atoms. The monoisotopic (exact) mass is 309 g/mol. The van der Waals surface area contributed by atoms with Crippen LogP contribution in [0.2, 0.25) is 5.02 Å². The molecular weight excluding hydrogens is 293 g/mol. The van der Waals surface area contributed by atoms with Crippen LogP contribution in [0.1, 0.15) is 18.5 Å². The van der Waals surface area contributed by atoms with Crippen molar-refractivity contribution < 1.29 is 13.9 Å². The van der Waals surface area contributed by atoms with Gasteiger partial charge in [0, 0.05) is 11.8 Å². The van der Waals surface area contributed by atoms with Crippen molar-refractivity contribution in [1.29, 1.82) is 0 Å². The van der Waals surface area contributed by atoms with Gasteiger partial charge in [-0.05, 0) is 31.2 Å². The van der Waals surface area contributed by atoms with E-state index in [-0.39, 0.29) is 11.9 Å². The van der Waals surface area contributed by atoms with E-state index in [4.69, 9.17) is 21.1 Å². The Kier molecular flexibility index (Phi) is 4.91. The van der Waals surface area contributed by atoms with E-state index in [0.717, 1.165) is 5.69 Å². The minimum absolute atomic E-state index is 0.271. The van der Waals surface area contributed by atoms with E-state index in [1.807, 2.05) is 13.0 Å². The van der Waals surface area contributed by atoms with Crippen LogP contribution in [0.5, 0.6) is 11.5 Å². The topological polar surface area (TPSA) is 30.5 Å². The van der Waals surface area contributed by atoms with Gasteiger partial charge < -0.3 is 14.8 Å². The molecular formula is C16H17ClFNO2. The van der Waals surface area contributed by atoms with Crippen molar-refractivity contribution in [2.75, 3.05) is 19.5 Å². The van der Waals surface area contributed by atoms with Crippen LogP contribution in [0, 0.1) is 5.82 Å². The number of hydrogen-bond donors (Lipinski definition) is 1. The number of ether oxygens (including phenoxy) is 2. The summed E-state index contributed by atoms with van der Waals surface area (Å²) in [6.45, 7) is 1.86. The van der Waals surface area contributed by atoms with E-state index >= 15 is 0 Å². The largest absolute Gasteiger partial charge is 0.496 e. The maximum Gasteiger partial charge on any atom is 0.139 e. The van der Waals surface area contributed by atoms with E-state index in [0.29, 0.717) is 22.1 Å². The van der Waals surface area contributed by atoms with Gasteiger partial charge in [-0.25, -0.2) is 4.39 Å². The summed E-state index contributed by atoms with van der Waals surface area (Å²) in [4.78, 5) is 0. The SMILES string of the molecule is COc1cc(NC(C)c2c(F)cccc2OC)ccc1Cl. The highest BCUT2D eigenvalue weighted by atomic mass is 35.5. The molecule has 5 heteroatoms. The zero-order valence-electron chi connectivity index (χ0n) is 12.1.